The van der Waals surface area contributed by atoms with Crippen LogP contribution in [0.25, 0.3) is 0 Å². The molecule has 3 nitrogen and oxygen atoms in total. The van der Waals surface area contributed by atoms with Gasteiger partial charge < -0.3 is 0 Å². The maximum Gasteiger partial charge on any atom is 0.416 e. The highest BCUT2D eigenvalue weighted by Gasteiger charge is 2.34. The lowest BCUT2D eigenvalue weighted by atomic mass is 10.1. The maximum atomic E-state index is 12.4. The van der Waals surface area contributed by atoms with Crippen LogP contribution in [0, 0.1) is 6.92 Å². The van der Waals surface area contributed by atoms with Crippen LogP contribution in [-0.2, 0) is 6.18 Å². The zero-order valence-electron chi connectivity index (χ0n) is 7.13. The summed E-state index contributed by atoms with van der Waals surface area (Å²) in [7, 11) is 0. The van der Waals surface area contributed by atoms with Gasteiger partial charge in [0, 0.05) is 0 Å². The van der Waals surface area contributed by atoms with Gasteiger partial charge in [0.2, 0.25) is 0 Å². The van der Waals surface area contributed by atoms with Crippen molar-refractivity contribution in [2.45, 2.75) is 13.1 Å². The predicted octanol–water partition coefficient (Wildman–Crippen LogP) is 3.26. The van der Waals surface area contributed by atoms with Crippen LogP contribution in [0.15, 0.2) is 22.5 Å². The number of nitrogens with zero attached hydrogens (tertiary/aromatic N) is 3. The summed E-state index contributed by atoms with van der Waals surface area (Å²) in [6.45, 7) is 1.36. The quantitative estimate of drug-likeness (QED) is 0.616. The summed E-state index contributed by atoms with van der Waals surface area (Å²) in [5.41, 5.74) is 3.55. The first-order valence-electron chi connectivity index (χ1n) is 3.82. The zero-order valence-corrected chi connectivity index (χ0v) is 7.13. The molecule has 6 heteroatoms. The minimum absolute atomic E-state index is 0.0694. The Balaban J connectivity index is 2.61. The van der Waals surface area contributed by atoms with E-state index in [9.17, 15) is 13.2 Å². The Kier molecular flexibility index (Phi) is 1.73. The van der Waals surface area contributed by atoms with Gasteiger partial charge in [-0.1, -0.05) is 0 Å². The van der Waals surface area contributed by atoms with Gasteiger partial charge in [-0.2, -0.15) is 13.2 Å². The number of hydrogen-bond acceptors (Lipinski definition) is 2. The molecular weight excluding hydrogens is 195 g/mol. The summed E-state index contributed by atoms with van der Waals surface area (Å²) in [6, 6.07) is 2.26. The van der Waals surface area contributed by atoms with Gasteiger partial charge in [-0.3, -0.25) is 0 Å². The van der Waals surface area contributed by atoms with Gasteiger partial charge in [-0.05, 0) is 29.8 Å². The summed E-state index contributed by atoms with van der Waals surface area (Å²) in [5, 5.41) is 6.85. The van der Waals surface area contributed by atoms with Crippen LogP contribution in [0.1, 0.15) is 11.1 Å². The molecule has 0 saturated carbocycles. The standard InChI is InChI=1S/C8H5F3N3/c1-4-5(8(9,10)11)2-3-6-7(4)13-14-12-6/h2-3H,1H3. The molecule has 1 aliphatic heterocycles. The molecule has 0 saturated heterocycles. The van der Waals surface area contributed by atoms with E-state index in [4.69, 9.17) is 0 Å². The lowest BCUT2D eigenvalue weighted by Crippen LogP contribution is -2.07. The van der Waals surface area contributed by atoms with E-state index in [1.54, 1.807) is 0 Å². The van der Waals surface area contributed by atoms with E-state index in [1.165, 1.54) is 13.0 Å². The fourth-order valence-corrected chi connectivity index (χ4v) is 1.32. The van der Waals surface area contributed by atoms with E-state index < -0.39 is 11.7 Å². The minimum Gasteiger partial charge on any atom is -0.166 e. The second kappa shape index (κ2) is 2.70. The van der Waals surface area contributed by atoms with E-state index in [1.807, 2.05) is 0 Å². The molecular formula is C8H5F3N3. The fraction of sp³-hybridized carbons (Fsp3) is 0.250. The number of alkyl halides is 3. The van der Waals surface area contributed by atoms with Crippen LogP contribution in [-0.4, -0.2) is 0 Å². The Morgan fingerprint density at radius 3 is 2.57 bits per heavy atom. The molecule has 1 radical (unpaired) electrons. The lowest BCUT2D eigenvalue weighted by molar-refractivity contribution is -0.138. The fourth-order valence-electron chi connectivity index (χ4n) is 1.32. The van der Waals surface area contributed by atoms with E-state index >= 15 is 0 Å². The summed E-state index contributed by atoms with van der Waals surface area (Å²) in [5.74, 6) is 0. The highest BCUT2D eigenvalue weighted by Crippen LogP contribution is 2.41. The smallest absolute Gasteiger partial charge is 0.166 e. The molecule has 1 heterocycles. The van der Waals surface area contributed by atoms with Crippen LogP contribution in [0.3, 0.4) is 0 Å². The van der Waals surface area contributed by atoms with Crippen LogP contribution >= 0.6 is 0 Å². The monoisotopic (exact) mass is 200 g/mol. The Labute approximate surface area is 77.6 Å². The normalized spacial score (nSPS) is 14.0. The van der Waals surface area contributed by atoms with Crippen molar-refractivity contribution in [2.24, 2.45) is 10.3 Å². The van der Waals surface area contributed by atoms with Crippen LogP contribution in [0.2, 0.25) is 0 Å². The lowest BCUT2D eigenvalue weighted by Gasteiger charge is -2.10. The van der Waals surface area contributed by atoms with Crippen molar-refractivity contribution < 1.29 is 13.2 Å². The maximum absolute atomic E-state index is 12.4. The largest absolute Gasteiger partial charge is 0.416 e. The Morgan fingerprint density at radius 1 is 1.21 bits per heavy atom. The second-order valence-corrected chi connectivity index (χ2v) is 2.89. The Bertz CT molecular complexity index is 409. The molecule has 0 aromatic heterocycles. The first kappa shape index (κ1) is 8.98. The average Bonchev–Trinajstić information content (AvgIpc) is 2.50. The molecule has 1 aromatic carbocycles. The minimum atomic E-state index is -4.35. The predicted molar refractivity (Wildman–Crippen MR) is 42.5 cm³/mol. The SMILES string of the molecule is Cc1c(C(F)(F)F)ccc2c1N=N[N]2. The third-order valence-corrected chi connectivity index (χ3v) is 2.01. The zero-order chi connectivity index (χ0) is 10.3. The molecule has 0 spiro atoms. The van der Waals surface area contributed by atoms with Crippen molar-refractivity contribution in [1.82, 2.24) is 5.43 Å². The molecule has 0 amide bonds. The highest BCUT2D eigenvalue weighted by atomic mass is 19.4. The van der Waals surface area contributed by atoms with Gasteiger partial charge in [0.05, 0.1) is 5.56 Å². The number of benzene rings is 1. The van der Waals surface area contributed by atoms with Crippen molar-refractivity contribution >= 4 is 11.4 Å². The molecule has 2 rings (SSSR count). The van der Waals surface area contributed by atoms with Gasteiger partial charge >= 0.3 is 6.18 Å². The molecule has 0 bridgehead atoms. The van der Waals surface area contributed by atoms with Crippen LogP contribution in [0.4, 0.5) is 24.5 Å². The number of fused-ring (bicyclic) bond motifs is 1. The summed E-state index contributed by atoms with van der Waals surface area (Å²) < 4.78 is 37.2. The first-order valence-corrected chi connectivity index (χ1v) is 3.82. The van der Waals surface area contributed by atoms with Gasteiger partial charge in [-0.15, -0.1) is 10.5 Å². The van der Waals surface area contributed by atoms with E-state index in [0.29, 0.717) is 5.69 Å². The van der Waals surface area contributed by atoms with Gasteiger partial charge in [0.15, 0.2) is 0 Å². The van der Waals surface area contributed by atoms with E-state index in [-0.39, 0.29) is 11.3 Å². The van der Waals surface area contributed by atoms with Crippen molar-refractivity contribution in [3.8, 4) is 0 Å². The van der Waals surface area contributed by atoms with Crippen molar-refractivity contribution in [3.63, 3.8) is 0 Å². The van der Waals surface area contributed by atoms with Crippen molar-refractivity contribution in [2.75, 3.05) is 0 Å². The van der Waals surface area contributed by atoms with Gasteiger partial charge in [-0.25, -0.2) is 0 Å². The third kappa shape index (κ3) is 1.23. The van der Waals surface area contributed by atoms with Gasteiger partial charge in [0.1, 0.15) is 11.4 Å². The van der Waals surface area contributed by atoms with E-state index in [2.05, 4.69) is 15.8 Å². The molecule has 14 heavy (non-hydrogen) atoms. The molecule has 73 valence electrons. The second-order valence-electron chi connectivity index (χ2n) is 2.89. The van der Waals surface area contributed by atoms with Gasteiger partial charge in [0.25, 0.3) is 0 Å². The molecule has 0 fully saturated rings. The first-order chi connectivity index (χ1) is 6.50. The topological polar surface area (TPSA) is 38.8 Å². The Morgan fingerprint density at radius 2 is 1.93 bits per heavy atom. The molecule has 1 aromatic rings. The number of hydrogen-bond donors (Lipinski definition) is 0. The molecule has 0 N–H and O–H groups in total. The van der Waals surface area contributed by atoms with Crippen molar-refractivity contribution in [3.05, 3.63) is 23.3 Å². The summed E-state index contributed by atoms with van der Waals surface area (Å²) in [6.07, 6.45) is -4.35. The molecule has 0 atom stereocenters. The average molecular weight is 200 g/mol. The number of rotatable bonds is 0. The molecule has 1 aliphatic rings. The molecule has 0 unspecified atom stereocenters. The third-order valence-electron chi connectivity index (χ3n) is 2.01. The van der Waals surface area contributed by atoms with Crippen LogP contribution in [0.5, 0.6) is 0 Å². The Hall–Kier alpha value is -1.59. The summed E-state index contributed by atoms with van der Waals surface area (Å²) in [4.78, 5) is 0. The summed E-state index contributed by atoms with van der Waals surface area (Å²) >= 11 is 0. The van der Waals surface area contributed by atoms with Crippen LogP contribution < -0.4 is 5.43 Å². The van der Waals surface area contributed by atoms with Crippen molar-refractivity contribution in [1.29, 1.82) is 0 Å². The molecule has 0 aliphatic carbocycles. The van der Waals surface area contributed by atoms with E-state index in [0.717, 1.165) is 6.07 Å². The number of halogens is 3. The highest BCUT2D eigenvalue weighted by molar-refractivity contribution is 5.68.